The number of hydrogen-bond acceptors (Lipinski definition) is 6. The van der Waals surface area contributed by atoms with E-state index in [0.717, 1.165) is 18.5 Å². The lowest BCUT2D eigenvalue weighted by Gasteiger charge is -2.14. The highest BCUT2D eigenvalue weighted by Crippen LogP contribution is 2.40. The van der Waals surface area contributed by atoms with Crippen molar-refractivity contribution in [3.63, 3.8) is 0 Å². The van der Waals surface area contributed by atoms with E-state index in [2.05, 4.69) is 31.4 Å². The SMILES string of the molecule is Cc1noc2nc(C3CC3)cc(C(=O)O[C@H](C)C(=O)Nc3ccc(Br)cc3F)c12. The van der Waals surface area contributed by atoms with E-state index in [1.165, 1.54) is 19.1 Å². The van der Waals surface area contributed by atoms with Gasteiger partial charge in [-0.2, -0.15) is 0 Å². The largest absolute Gasteiger partial charge is 0.449 e. The molecule has 0 unspecified atom stereocenters. The molecule has 29 heavy (non-hydrogen) atoms. The fourth-order valence-electron chi connectivity index (χ4n) is 2.97. The summed E-state index contributed by atoms with van der Waals surface area (Å²) in [5.74, 6) is -1.65. The number of aromatic nitrogens is 2. The summed E-state index contributed by atoms with van der Waals surface area (Å²) in [5, 5.41) is 6.76. The first-order valence-corrected chi connectivity index (χ1v) is 9.86. The Morgan fingerprint density at radius 1 is 1.34 bits per heavy atom. The van der Waals surface area contributed by atoms with E-state index >= 15 is 0 Å². The molecule has 1 aliphatic carbocycles. The number of pyridine rings is 1. The highest BCUT2D eigenvalue weighted by molar-refractivity contribution is 9.10. The van der Waals surface area contributed by atoms with E-state index in [1.807, 2.05) is 0 Å². The summed E-state index contributed by atoms with van der Waals surface area (Å²) in [5.41, 5.74) is 1.78. The fraction of sp³-hybridized carbons (Fsp3) is 0.300. The zero-order valence-electron chi connectivity index (χ0n) is 15.7. The molecule has 1 saturated carbocycles. The van der Waals surface area contributed by atoms with Crippen molar-refractivity contribution in [2.75, 3.05) is 5.32 Å². The summed E-state index contributed by atoms with van der Waals surface area (Å²) in [6, 6.07) is 5.91. The maximum atomic E-state index is 13.9. The summed E-state index contributed by atoms with van der Waals surface area (Å²) >= 11 is 3.15. The number of aryl methyl sites for hydroxylation is 1. The predicted octanol–water partition coefficient (Wildman–Crippen LogP) is 4.49. The monoisotopic (exact) mass is 461 g/mol. The first kappa shape index (κ1) is 19.5. The summed E-state index contributed by atoms with van der Waals surface area (Å²) < 4.78 is 25.0. The number of nitrogens with one attached hydrogen (secondary N) is 1. The molecule has 0 aliphatic heterocycles. The number of anilines is 1. The van der Waals surface area contributed by atoms with Crippen molar-refractivity contribution >= 4 is 44.6 Å². The third-order valence-electron chi connectivity index (χ3n) is 4.69. The fourth-order valence-corrected chi connectivity index (χ4v) is 3.30. The zero-order chi connectivity index (χ0) is 20.7. The summed E-state index contributed by atoms with van der Waals surface area (Å²) in [6.45, 7) is 3.12. The molecule has 150 valence electrons. The van der Waals surface area contributed by atoms with Gasteiger partial charge in [0.05, 0.1) is 22.3 Å². The second-order valence-corrected chi connectivity index (χ2v) is 7.89. The molecule has 1 aliphatic rings. The standard InChI is InChI=1S/C20H17BrFN3O4/c1-9-17-13(8-16(11-3-4-11)24-19(17)29-25-9)20(27)28-10(2)18(26)23-15-6-5-12(21)7-14(15)22/h5-8,10-11H,3-4H2,1-2H3,(H,23,26)/t10-/m1/s1. The molecule has 1 amide bonds. The Bertz CT molecular complexity index is 1130. The Balaban J connectivity index is 1.54. The lowest BCUT2D eigenvalue weighted by atomic mass is 10.1. The summed E-state index contributed by atoms with van der Waals surface area (Å²) in [7, 11) is 0. The first-order chi connectivity index (χ1) is 13.8. The van der Waals surface area contributed by atoms with Gasteiger partial charge in [-0.1, -0.05) is 21.1 Å². The van der Waals surface area contributed by atoms with E-state index in [4.69, 9.17) is 9.26 Å². The van der Waals surface area contributed by atoms with E-state index in [-0.39, 0.29) is 22.9 Å². The van der Waals surface area contributed by atoms with Crippen LogP contribution >= 0.6 is 15.9 Å². The third-order valence-corrected chi connectivity index (χ3v) is 5.19. The molecule has 2 heterocycles. The second kappa shape index (κ2) is 7.55. The number of rotatable bonds is 5. The average Bonchev–Trinajstić information content (AvgIpc) is 3.46. The lowest BCUT2D eigenvalue weighted by molar-refractivity contribution is -0.123. The van der Waals surface area contributed by atoms with Gasteiger partial charge < -0.3 is 14.6 Å². The Kier molecular flexibility index (Phi) is 5.08. The molecule has 2 aromatic heterocycles. The number of fused-ring (bicyclic) bond motifs is 1. The molecule has 1 aromatic carbocycles. The van der Waals surface area contributed by atoms with E-state index in [1.54, 1.807) is 19.1 Å². The van der Waals surface area contributed by atoms with Crippen LogP contribution in [-0.4, -0.2) is 28.1 Å². The van der Waals surface area contributed by atoms with Crippen molar-refractivity contribution in [1.82, 2.24) is 10.1 Å². The minimum absolute atomic E-state index is 0.00157. The van der Waals surface area contributed by atoms with E-state index in [0.29, 0.717) is 15.6 Å². The van der Waals surface area contributed by atoms with Gasteiger partial charge in [0.25, 0.3) is 11.6 Å². The van der Waals surface area contributed by atoms with Crippen LogP contribution in [0.1, 0.15) is 47.4 Å². The molecule has 0 saturated heterocycles. The Morgan fingerprint density at radius 3 is 2.79 bits per heavy atom. The normalized spacial score (nSPS) is 14.6. The molecule has 1 fully saturated rings. The highest BCUT2D eigenvalue weighted by Gasteiger charge is 2.30. The van der Waals surface area contributed by atoms with E-state index in [9.17, 15) is 14.0 Å². The molecular formula is C20H17BrFN3O4. The molecule has 3 aromatic rings. The minimum atomic E-state index is -1.14. The molecule has 4 rings (SSSR count). The number of esters is 1. The number of ether oxygens (including phenoxy) is 1. The van der Waals surface area contributed by atoms with Crippen LogP contribution in [0.25, 0.3) is 11.1 Å². The predicted molar refractivity (Wildman–Crippen MR) is 106 cm³/mol. The highest BCUT2D eigenvalue weighted by atomic mass is 79.9. The number of carbonyl (C=O) groups is 2. The van der Waals surface area contributed by atoms with E-state index < -0.39 is 23.8 Å². The number of halogens is 2. The van der Waals surface area contributed by atoms with Crippen molar-refractivity contribution in [3.8, 4) is 0 Å². The van der Waals surface area contributed by atoms with Gasteiger partial charge in [0.15, 0.2) is 6.10 Å². The summed E-state index contributed by atoms with van der Waals surface area (Å²) in [6.07, 6.45) is 0.855. The van der Waals surface area contributed by atoms with Gasteiger partial charge in [0, 0.05) is 16.1 Å². The molecule has 9 heteroatoms. The first-order valence-electron chi connectivity index (χ1n) is 9.07. The number of carbonyl (C=O) groups excluding carboxylic acids is 2. The maximum absolute atomic E-state index is 13.9. The average molecular weight is 462 g/mol. The van der Waals surface area contributed by atoms with Gasteiger partial charge in [-0.05, 0) is 51.0 Å². The Morgan fingerprint density at radius 2 is 2.10 bits per heavy atom. The zero-order valence-corrected chi connectivity index (χ0v) is 17.2. The van der Waals surface area contributed by atoms with Crippen LogP contribution in [0.5, 0.6) is 0 Å². The van der Waals surface area contributed by atoms with Crippen LogP contribution in [-0.2, 0) is 9.53 Å². The van der Waals surface area contributed by atoms with Crippen LogP contribution in [0.15, 0.2) is 33.3 Å². The van der Waals surface area contributed by atoms with Gasteiger partial charge in [0.1, 0.15) is 5.82 Å². The van der Waals surface area contributed by atoms with Crippen molar-refractivity contribution in [2.45, 2.75) is 38.7 Å². The topological polar surface area (TPSA) is 94.3 Å². The van der Waals surface area contributed by atoms with Gasteiger partial charge in [0.2, 0.25) is 0 Å². The number of hydrogen-bond donors (Lipinski definition) is 1. The van der Waals surface area contributed by atoms with Crippen LogP contribution in [0.3, 0.4) is 0 Å². The lowest BCUT2D eigenvalue weighted by Crippen LogP contribution is -2.30. The van der Waals surface area contributed by atoms with Crippen molar-refractivity contribution < 1.29 is 23.2 Å². The molecule has 0 radical (unpaired) electrons. The van der Waals surface area contributed by atoms with Crippen LogP contribution in [0.2, 0.25) is 0 Å². The second-order valence-electron chi connectivity index (χ2n) is 6.98. The maximum Gasteiger partial charge on any atom is 0.339 e. The number of nitrogens with zero attached hydrogens (tertiary/aromatic N) is 2. The van der Waals surface area contributed by atoms with Crippen molar-refractivity contribution in [3.05, 3.63) is 51.5 Å². The van der Waals surface area contributed by atoms with Crippen LogP contribution in [0, 0.1) is 12.7 Å². The van der Waals surface area contributed by atoms with Gasteiger partial charge in [-0.25, -0.2) is 14.2 Å². The minimum Gasteiger partial charge on any atom is -0.449 e. The Hall–Kier alpha value is -2.81. The third kappa shape index (κ3) is 4.00. The smallest absolute Gasteiger partial charge is 0.339 e. The molecule has 1 N–H and O–H groups in total. The number of benzene rings is 1. The van der Waals surface area contributed by atoms with Crippen molar-refractivity contribution in [1.29, 1.82) is 0 Å². The molecule has 0 bridgehead atoms. The quantitative estimate of drug-likeness (QED) is 0.562. The van der Waals surface area contributed by atoms with Crippen LogP contribution < -0.4 is 5.32 Å². The Labute approximate surface area is 173 Å². The van der Waals surface area contributed by atoms with Crippen LogP contribution in [0.4, 0.5) is 10.1 Å². The summed E-state index contributed by atoms with van der Waals surface area (Å²) in [4.78, 5) is 29.6. The molecule has 0 spiro atoms. The number of amides is 1. The van der Waals surface area contributed by atoms with Gasteiger partial charge >= 0.3 is 5.97 Å². The molecular weight excluding hydrogens is 445 g/mol. The van der Waals surface area contributed by atoms with Gasteiger partial charge in [-0.3, -0.25) is 4.79 Å². The molecule has 1 atom stereocenters. The van der Waals surface area contributed by atoms with Gasteiger partial charge in [-0.15, -0.1) is 0 Å². The van der Waals surface area contributed by atoms with Crippen molar-refractivity contribution in [2.24, 2.45) is 0 Å². The molecule has 7 nitrogen and oxygen atoms in total.